The molecule has 0 bridgehead atoms. The summed E-state index contributed by atoms with van der Waals surface area (Å²) in [4.78, 5) is 16.2. The fourth-order valence-electron chi connectivity index (χ4n) is 2.41. The summed E-state index contributed by atoms with van der Waals surface area (Å²) in [5.41, 5.74) is 1.45. The molecule has 1 amide bonds. The molecule has 0 saturated carbocycles. The third kappa shape index (κ3) is 3.83. The van der Waals surface area contributed by atoms with Crippen molar-refractivity contribution in [3.8, 4) is 5.69 Å². The van der Waals surface area contributed by atoms with Crippen LogP contribution in [0.3, 0.4) is 0 Å². The van der Waals surface area contributed by atoms with Gasteiger partial charge < -0.3 is 9.88 Å². The van der Waals surface area contributed by atoms with Crippen molar-refractivity contribution in [2.24, 2.45) is 0 Å². The second-order valence-corrected chi connectivity index (χ2v) is 6.26. The van der Waals surface area contributed by atoms with Crippen molar-refractivity contribution in [1.82, 2.24) is 14.9 Å². The van der Waals surface area contributed by atoms with Gasteiger partial charge in [0.2, 0.25) is 0 Å². The number of carbonyl (C=O) groups excluding carboxylic acids is 1. The minimum atomic E-state index is -0.387. The van der Waals surface area contributed by atoms with Gasteiger partial charge >= 0.3 is 0 Å². The van der Waals surface area contributed by atoms with Gasteiger partial charge in [0, 0.05) is 24.5 Å². The van der Waals surface area contributed by atoms with E-state index >= 15 is 0 Å². The summed E-state index contributed by atoms with van der Waals surface area (Å²) in [6.07, 6.45) is 3.31. The molecular weight excluding hydrogens is 364 g/mol. The van der Waals surface area contributed by atoms with Crippen LogP contribution >= 0.6 is 23.2 Å². The second-order valence-electron chi connectivity index (χ2n) is 5.44. The molecule has 0 atom stereocenters. The molecule has 0 unspecified atom stereocenters. The van der Waals surface area contributed by atoms with Gasteiger partial charge in [0.1, 0.15) is 11.6 Å². The van der Waals surface area contributed by atoms with Crippen molar-refractivity contribution in [1.29, 1.82) is 0 Å². The van der Waals surface area contributed by atoms with Gasteiger partial charge in [0.25, 0.3) is 5.91 Å². The number of amides is 1. The standard InChI is InChI=1S/C18H14Cl2FN3O/c1-11-22-6-7-24(11)17-5-2-12(8-16(17)21)10-23-18(25)13-3-4-14(19)15(20)9-13/h2-9H,10H2,1H3,(H,23,25). The molecule has 2 aromatic carbocycles. The summed E-state index contributed by atoms with van der Waals surface area (Å²) in [5.74, 6) is -0.00420. The maximum Gasteiger partial charge on any atom is 0.251 e. The van der Waals surface area contributed by atoms with E-state index in [1.807, 2.05) is 0 Å². The fourth-order valence-corrected chi connectivity index (χ4v) is 2.71. The summed E-state index contributed by atoms with van der Waals surface area (Å²) in [7, 11) is 0. The van der Waals surface area contributed by atoms with Gasteiger partial charge in [-0.3, -0.25) is 4.79 Å². The lowest BCUT2D eigenvalue weighted by atomic mass is 10.1. The van der Waals surface area contributed by atoms with E-state index in [0.29, 0.717) is 32.7 Å². The van der Waals surface area contributed by atoms with Crippen molar-refractivity contribution in [2.45, 2.75) is 13.5 Å². The highest BCUT2D eigenvalue weighted by Gasteiger charge is 2.10. The Morgan fingerprint density at radius 1 is 1.20 bits per heavy atom. The van der Waals surface area contributed by atoms with E-state index in [-0.39, 0.29) is 18.3 Å². The summed E-state index contributed by atoms with van der Waals surface area (Å²) < 4.78 is 16.0. The van der Waals surface area contributed by atoms with Crippen LogP contribution in [0.2, 0.25) is 10.0 Å². The molecule has 1 heterocycles. The maximum absolute atomic E-state index is 14.3. The highest BCUT2D eigenvalue weighted by atomic mass is 35.5. The summed E-state index contributed by atoms with van der Waals surface area (Å²) in [5, 5.41) is 3.41. The minimum Gasteiger partial charge on any atom is -0.348 e. The molecule has 0 radical (unpaired) electrons. The third-order valence-electron chi connectivity index (χ3n) is 3.73. The molecule has 0 aliphatic rings. The zero-order valence-electron chi connectivity index (χ0n) is 13.3. The van der Waals surface area contributed by atoms with Crippen molar-refractivity contribution in [2.75, 3.05) is 0 Å². The van der Waals surface area contributed by atoms with Crippen LogP contribution in [0.4, 0.5) is 4.39 Å². The summed E-state index contributed by atoms with van der Waals surface area (Å²) >= 11 is 11.7. The maximum atomic E-state index is 14.3. The van der Waals surface area contributed by atoms with E-state index in [0.717, 1.165) is 0 Å². The molecule has 0 aliphatic carbocycles. The molecule has 1 aromatic heterocycles. The van der Waals surface area contributed by atoms with Crippen molar-refractivity contribution in [3.63, 3.8) is 0 Å². The van der Waals surface area contributed by atoms with Crippen molar-refractivity contribution in [3.05, 3.63) is 81.6 Å². The van der Waals surface area contributed by atoms with Gasteiger partial charge in [-0.15, -0.1) is 0 Å². The molecule has 0 aliphatic heterocycles. The Labute approximate surface area is 154 Å². The predicted octanol–water partition coefficient (Wildman–Crippen LogP) is 4.56. The lowest BCUT2D eigenvalue weighted by Crippen LogP contribution is -2.22. The summed E-state index contributed by atoms with van der Waals surface area (Å²) in [6, 6.07) is 9.43. The van der Waals surface area contributed by atoms with Gasteiger partial charge in [0.15, 0.2) is 0 Å². The Balaban J connectivity index is 1.71. The molecule has 0 spiro atoms. The molecule has 4 nitrogen and oxygen atoms in total. The van der Waals surface area contributed by atoms with Crippen LogP contribution < -0.4 is 5.32 Å². The highest BCUT2D eigenvalue weighted by Crippen LogP contribution is 2.22. The average molecular weight is 378 g/mol. The van der Waals surface area contributed by atoms with E-state index in [9.17, 15) is 9.18 Å². The molecule has 1 N–H and O–H groups in total. The smallest absolute Gasteiger partial charge is 0.251 e. The van der Waals surface area contributed by atoms with E-state index < -0.39 is 0 Å². The number of nitrogens with one attached hydrogen (secondary N) is 1. The van der Waals surface area contributed by atoms with E-state index in [2.05, 4.69) is 10.3 Å². The number of hydrogen-bond acceptors (Lipinski definition) is 2. The molecular formula is C18H14Cl2FN3O. The number of nitrogens with zero attached hydrogens (tertiary/aromatic N) is 2. The fraction of sp³-hybridized carbons (Fsp3) is 0.111. The number of carbonyl (C=O) groups is 1. The zero-order chi connectivity index (χ0) is 18.0. The SMILES string of the molecule is Cc1nccn1-c1ccc(CNC(=O)c2ccc(Cl)c(Cl)c2)cc1F. The number of hydrogen-bond donors (Lipinski definition) is 1. The predicted molar refractivity (Wildman–Crippen MR) is 95.9 cm³/mol. The molecule has 7 heteroatoms. The van der Waals surface area contributed by atoms with Gasteiger partial charge in [-0.2, -0.15) is 0 Å². The topological polar surface area (TPSA) is 46.9 Å². The molecule has 128 valence electrons. The molecule has 3 aromatic rings. The monoisotopic (exact) mass is 377 g/mol. The number of aromatic nitrogens is 2. The van der Waals surface area contributed by atoms with Crippen molar-refractivity contribution < 1.29 is 9.18 Å². The quantitative estimate of drug-likeness (QED) is 0.724. The summed E-state index contributed by atoms with van der Waals surface area (Å²) in [6.45, 7) is 1.99. The Morgan fingerprint density at radius 3 is 2.64 bits per heavy atom. The van der Waals surface area contributed by atoms with Crippen LogP contribution in [0.1, 0.15) is 21.7 Å². The van der Waals surface area contributed by atoms with Crippen LogP contribution in [0, 0.1) is 12.7 Å². The lowest BCUT2D eigenvalue weighted by molar-refractivity contribution is 0.0951. The van der Waals surface area contributed by atoms with Crippen LogP contribution in [0.25, 0.3) is 5.69 Å². The number of imidazole rings is 1. The number of benzene rings is 2. The van der Waals surface area contributed by atoms with Crippen molar-refractivity contribution >= 4 is 29.1 Å². The zero-order valence-corrected chi connectivity index (χ0v) is 14.8. The van der Waals surface area contributed by atoms with Crippen LogP contribution in [-0.2, 0) is 6.54 Å². The Morgan fingerprint density at radius 2 is 2.00 bits per heavy atom. The van der Waals surface area contributed by atoms with E-state index in [4.69, 9.17) is 23.2 Å². The van der Waals surface area contributed by atoms with Gasteiger partial charge in [-0.1, -0.05) is 29.3 Å². The first-order valence-corrected chi connectivity index (χ1v) is 8.23. The lowest BCUT2D eigenvalue weighted by Gasteiger charge is -2.10. The van der Waals surface area contributed by atoms with Crippen LogP contribution in [0.15, 0.2) is 48.8 Å². The molecule has 3 rings (SSSR count). The van der Waals surface area contributed by atoms with Gasteiger partial charge in [-0.25, -0.2) is 9.37 Å². The molecule has 0 saturated heterocycles. The van der Waals surface area contributed by atoms with Gasteiger partial charge in [0.05, 0.1) is 15.7 Å². The van der Waals surface area contributed by atoms with Crippen LogP contribution in [0.5, 0.6) is 0 Å². The van der Waals surface area contributed by atoms with Crippen LogP contribution in [-0.4, -0.2) is 15.5 Å². The number of halogens is 3. The molecule has 25 heavy (non-hydrogen) atoms. The molecule has 0 fully saturated rings. The first-order valence-electron chi connectivity index (χ1n) is 7.47. The van der Waals surface area contributed by atoms with Gasteiger partial charge in [-0.05, 0) is 42.8 Å². The van der Waals surface area contributed by atoms with E-state index in [1.165, 1.54) is 12.1 Å². The highest BCUT2D eigenvalue weighted by molar-refractivity contribution is 6.42. The first-order chi connectivity index (χ1) is 12.0. The normalized spacial score (nSPS) is 10.7. The number of rotatable bonds is 4. The van der Waals surface area contributed by atoms with E-state index in [1.54, 1.807) is 48.1 Å². The largest absolute Gasteiger partial charge is 0.348 e. The second kappa shape index (κ2) is 7.25. The minimum absolute atomic E-state index is 0.194. The Kier molecular flexibility index (Phi) is 5.06. The first kappa shape index (κ1) is 17.5. The third-order valence-corrected chi connectivity index (χ3v) is 4.47. The number of aryl methyl sites for hydroxylation is 1. The average Bonchev–Trinajstić information content (AvgIpc) is 3.01. The Bertz CT molecular complexity index is 940. The Hall–Kier alpha value is -2.37.